The van der Waals surface area contributed by atoms with E-state index in [1.807, 2.05) is 31.2 Å². The molecule has 1 unspecified atom stereocenters. The summed E-state index contributed by atoms with van der Waals surface area (Å²) >= 11 is 2.24. The Labute approximate surface area is 99.0 Å². The second-order valence-corrected chi connectivity index (χ2v) is 5.15. The van der Waals surface area contributed by atoms with Gasteiger partial charge in [0, 0.05) is 15.1 Å². The van der Waals surface area contributed by atoms with Crippen LogP contribution in [0.1, 0.15) is 31.1 Å². The second-order valence-electron chi connectivity index (χ2n) is 3.90. The van der Waals surface area contributed by atoms with Crippen molar-refractivity contribution in [1.29, 1.82) is 0 Å². The molecule has 0 spiro atoms. The first-order valence-electron chi connectivity index (χ1n) is 4.82. The fraction of sp³-hybridized carbons (Fsp3) is 0.417. The lowest BCUT2D eigenvalue weighted by atomic mass is 9.90. The molecule has 0 aliphatic carbocycles. The van der Waals surface area contributed by atoms with Gasteiger partial charge in [0.05, 0.1) is 0 Å². The molecule has 0 aromatic heterocycles. The molecule has 1 atom stereocenters. The first-order valence-corrected chi connectivity index (χ1v) is 5.90. The van der Waals surface area contributed by atoms with Gasteiger partial charge in [0.2, 0.25) is 0 Å². The standard InChI is InChI=1S/C12H15IO/c1-8(2)9(3)12(14)10-4-6-11(13)7-5-10/h4-9H,1-3H3. The maximum absolute atomic E-state index is 11.9. The van der Waals surface area contributed by atoms with Gasteiger partial charge in [0.25, 0.3) is 0 Å². The summed E-state index contributed by atoms with van der Waals surface area (Å²) in [4.78, 5) is 11.9. The Hall–Kier alpha value is -0.380. The molecular formula is C12H15IO. The largest absolute Gasteiger partial charge is 0.294 e. The van der Waals surface area contributed by atoms with Crippen LogP contribution in [-0.4, -0.2) is 5.78 Å². The van der Waals surface area contributed by atoms with Crippen molar-refractivity contribution in [3.63, 3.8) is 0 Å². The maximum atomic E-state index is 11.9. The van der Waals surface area contributed by atoms with Crippen molar-refractivity contribution in [3.05, 3.63) is 33.4 Å². The zero-order chi connectivity index (χ0) is 10.7. The van der Waals surface area contributed by atoms with Crippen molar-refractivity contribution in [1.82, 2.24) is 0 Å². The maximum Gasteiger partial charge on any atom is 0.165 e. The average Bonchev–Trinajstić information content (AvgIpc) is 2.16. The number of carbonyl (C=O) groups is 1. The van der Waals surface area contributed by atoms with Crippen LogP contribution >= 0.6 is 22.6 Å². The number of benzene rings is 1. The average molecular weight is 302 g/mol. The van der Waals surface area contributed by atoms with Crippen molar-refractivity contribution in [2.75, 3.05) is 0 Å². The van der Waals surface area contributed by atoms with Crippen molar-refractivity contribution < 1.29 is 4.79 Å². The minimum atomic E-state index is 0.107. The molecule has 0 aliphatic rings. The molecule has 0 fully saturated rings. The number of hydrogen-bond donors (Lipinski definition) is 0. The number of Topliss-reactive ketones (excluding diaryl/α,β-unsaturated/α-hetero) is 1. The third-order valence-electron chi connectivity index (χ3n) is 2.54. The number of rotatable bonds is 3. The first-order chi connectivity index (χ1) is 6.52. The number of ketones is 1. The molecule has 14 heavy (non-hydrogen) atoms. The van der Waals surface area contributed by atoms with E-state index in [2.05, 4.69) is 36.4 Å². The summed E-state index contributed by atoms with van der Waals surface area (Å²) in [6.45, 7) is 6.15. The minimum Gasteiger partial charge on any atom is -0.294 e. The van der Waals surface area contributed by atoms with Crippen LogP contribution in [0.4, 0.5) is 0 Å². The molecule has 1 rings (SSSR count). The Morgan fingerprint density at radius 2 is 1.64 bits per heavy atom. The zero-order valence-corrected chi connectivity index (χ0v) is 10.9. The van der Waals surface area contributed by atoms with E-state index in [1.165, 1.54) is 0 Å². The van der Waals surface area contributed by atoms with Crippen LogP contribution in [0, 0.1) is 15.4 Å². The highest BCUT2D eigenvalue weighted by molar-refractivity contribution is 14.1. The van der Waals surface area contributed by atoms with Crippen molar-refractivity contribution in [3.8, 4) is 0 Å². The minimum absolute atomic E-state index is 0.107. The van der Waals surface area contributed by atoms with Crippen molar-refractivity contribution in [2.24, 2.45) is 11.8 Å². The highest BCUT2D eigenvalue weighted by Gasteiger charge is 2.17. The van der Waals surface area contributed by atoms with Gasteiger partial charge < -0.3 is 0 Å². The van der Waals surface area contributed by atoms with E-state index in [1.54, 1.807) is 0 Å². The van der Waals surface area contributed by atoms with E-state index in [0.717, 1.165) is 9.13 Å². The fourth-order valence-electron chi connectivity index (χ4n) is 1.18. The second kappa shape index (κ2) is 4.91. The summed E-state index contributed by atoms with van der Waals surface area (Å²) < 4.78 is 1.16. The first kappa shape index (κ1) is 11.7. The Morgan fingerprint density at radius 1 is 1.14 bits per heavy atom. The van der Waals surface area contributed by atoms with Gasteiger partial charge in [0.15, 0.2) is 5.78 Å². The topological polar surface area (TPSA) is 17.1 Å². The third-order valence-corrected chi connectivity index (χ3v) is 3.26. The molecule has 1 aromatic rings. The van der Waals surface area contributed by atoms with Crippen molar-refractivity contribution >= 4 is 28.4 Å². The van der Waals surface area contributed by atoms with Gasteiger partial charge in [-0.3, -0.25) is 4.79 Å². The smallest absolute Gasteiger partial charge is 0.165 e. The number of hydrogen-bond acceptors (Lipinski definition) is 1. The SMILES string of the molecule is CC(C)C(C)C(=O)c1ccc(I)cc1. The van der Waals surface area contributed by atoms with Crippen LogP contribution in [0.3, 0.4) is 0 Å². The lowest BCUT2D eigenvalue weighted by Gasteiger charge is -2.13. The molecular weight excluding hydrogens is 287 g/mol. The van der Waals surface area contributed by atoms with Gasteiger partial charge in [-0.1, -0.05) is 32.9 Å². The Morgan fingerprint density at radius 3 is 2.07 bits per heavy atom. The number of halogens is 1. The summed E-state index contributed by atoms with van der Waals surface area (Å²) in [5, 5.41) is 0. The molecule has 0 N–H and O–H groups in total. The summed E-state index contributed by atoms with van der Waals surface area (Å²) in [7, 11) is 0. The molecule has 0 bridgehead atoms. The molecule has 1 nitrogen and oxygen atoms in total. The molecule has 0 saturated carbocycles. The summed E-state index contributed by atoms with van der Waals surface area (Å²) in [6.07, 6.45) is 0. The Kier molecular flexibility index (Phi) is 4.11. The van der Waals surface area contributed by atoms with E-state index in [9.17, 15) is 4.79 Å². The molecule has 1 aromatic carbocycles. The van der Waals surface area contributed by atoms with Gasteiger partial charge >= 0.3 is 0 Å². The fourth-order valence-corrected chi connectivity index (χ4v) is 1.54. The van der Waals surface area contributed by atoms with Gasteiger partial charge in [-0.2, -0.15) is 0 Å². The van der Waals surface area contributed by atoms with Crippen LogP contribution in [0.2, 0.25) is 0 Å². The third kappa shape index (κ3) is 2.80. The van der Waals surface area contributed by atoms with Gasteiger partial charge in [-0.05, 0) is 40.6 Å². The monoisotopic (exact) mass is 302 g/mol. The molecule has 0 saturated heterocycles. The van der Waals surface area contributed by atoms with Crippen molar-refractivity contribution in [2.45, 2.75) is 20.8 Å². The highest BCUT2D eigenvalue weighted by atomic mass is 127. The lowest BCUT2D eigenvalue weighted by molar-refractivity contribution is 0.0900. The van der Waals surface area contributed by atoms with Crippen LogP contribution < -0.4 is 0 Å². The number of carbonyl (C=O) groups excluding carboxylic acids is 1. The van der Waals surface area contributed by atoms with Gasteiger partial charge in [-0.25, -0.2) is 0 Å². The predicted octanol–water partition coefficient (Wildman–Crippen LogP) is 3.77. The Balaban J connectivity index is 2.84. The Bertz CT molecular complexity index is 314. The van der Waals surface area contributed by atoms with Gasteiger partial charge in [0.1, 0.15) is 0 Å². The predicted molar refractivity (Wildman–Crippen MR) is 67.5 cm³/mol. The molecule has 0 aliphatic heterocycles. The quantitative estimate of drug-likeness (QED) is 0.613. The van der Waals surface area contributed by atoms with Crippen LogP contribution in [-0.2, 0) is 0 Å². The molecule has 76 valence electrons. The lowest BCUT2D eigenvalue weighted by Crippen LogP contribution is -2.16. The van der Waals surface area contributed by atoms with Crippen LogP contribution in [0.15, 0.2) is 24.3 Å². The van der Waals surface area contributed by atoms with E-state index < -0.39 is 0 Å². The molecule has 0 amide bonds. The van der Waals surface area contributed by atoms with E-state index >= 15 is 0 Å². The van der Waals surface area contributed by atoms with E-state index in [4.69, 9.17) is 0 Å². The summed E-state index contributed by atoms with van der Waals surface area (Å²) in [5.41, 5.74) is 0.826. The zero-order valence-electron chi connectivity index (χ0n) is 8.75. The van der Waals surface area contributed by atoms with E-state index in [-0.39, 0.29) is 11.7 Å². The van der Waals surface area contributed by atoms with Gasteiger partial charge in [-0.15, -0.1) is 0 Å². The normalized spacial score (nSPS) is 12.9. The molecule has 0 radical (unpaired) electrons. The summed E-state index contributed by atoms with van der Waals surface area (Å²) in [6, 6.07) is 7.76. The van der Waals surface area contributed by atoms with Crippen LogP contribution in [0.25, 0.3) is 0 Å². The molecule has 2 heteroatoms. The van der Waals surface area contributed by atoms with Crippen LogP contribution in [0.5, 0.6) is 0 Å². The molecule has 0 heterocycles. The van der Waals surface area contributed by atoms with E-state index in [0.29, 0.717) is 5.92 Å². The highest BCUT2D eigenvalue weighted by Crippen LogP contribution is 2.17. The summed E-state index contributed by atoms with van der Waals surface area (Å²) in [5.74, 6) is 0.758.